The minimum Gasteiger partial charge on any atom is -0.481 e. The van der Waals surface area contributed by atoms with Gasteiger partial charge in [0.15, 0.2) is 6.10 Å². The highest BCUT2D eigenvalue weighted by molar-refractivity contribution is 5.94. The van der Waals surface area contributed by atoms with Crippen molar-refractivity contribution in [3.8, 4) is 5.75 Å². The van der Waals surface area contributed by atoms with Gasteiger partial charge in [-0.1, -0.05) is 38.1 Å². The van der Waals surface area contributed by atoms with E-state index in [1.807, 2.05) is 39.0 Å². The van der Waals surface area contributed by atoms with E-state index in [1.54, 1.807) is 0 Å². The van der Waals surface area contributed by atoms with Crippen molar-refractivity contribution in [3.05, 3.63) is 59.2 Å². The number of carbonyl (C=O) groups is 1. The Kier molecular flexibility index (Phi) is 5.95. The average Bonchev–Trinajstić information content (AvgIpc) is 2.54. The Morgan fingerprint density at radius 2 is 1.73 bits per heavy atom. The topological polar surface area (TPSA) is 38.3 Å². The minimum atomic E-state index is -4.55. The van der Waals surface area contributed by atoms with Gasteiger partial charge < -0.3 is 10.1 Å². The standard InChI is InChI=1S/C20H22F3NO2/c1-12(2)15-10-9-13(3)11-18(15)26-14(4)19(25)24-17-8-6-5-7-16(17)20(21,22)23/h5-12,14H,1-4H3,(H,24,25). The largest absolute Gasteiger partial charge is 0.481 e. The van der Waals surface area contributed by atoms with Gasteiger partial charge in [0.05, 0.1) is 11.3 Å². The average molecular weight is 365 g/mol. The van der Waals surface area contributed by atoms with Crippen LogP contribution in [0.2, 0.25) is 0 Å². The smallest absolute Gasteiger partial charge is 0.418 e. The Bertz CT molecular complexity index is 785. The second-order valence-corrected chi connectivity index (χ2v) is 6.49. The Morgan fingerprint density at radius 3 is 2.35 bits per heavy atom. The first kappa shape index (κ1) is 19.8. The third-order valence-electron chi connectivity index (χ3n) is 3.95. The van der Waals surface area contributed by atoms with E-state index in [9.17, 15) is 18.0 Å². The molecule has 140 valence electrons. The molecule has 2 aromatic rings. The fourth-order valence-electron chi connectivity index (χ4n) is 2.54. The highest BCUT2D eigenvalue weighted by atomic mass is 19.4. The summed E-state index contributed by atoms with van der Waals surface area (Å²) in [4.78, 5) is 12.4. The maximum Gasteiger partial charge on any atom is 0.418 e. The molecule has 0 aromatic heterocycles. The molecule has 1 unspecified atom stereocenters. The van der Waals surface area contributed by atoms with Crippen molar-refractivity contribution in [3.63, 3.8) is 0 Å². The summed E-state index contributed by atoms with van der Waals surface area (Å²) in [6.07, 6.45) is -5.49. The number of hydrogen-bond donors (Lipinski definition) is 1. The van der Waals surface area contributed by atoms with Crippen LogP contribution in [0.1, 0.15) is 43.4 Å². The van der Waals surface area contributed by atoms with Gasteiger partial charge in [-0.05, 0) is 49.1 Å². The van der Waals surface area contributed by atoms with Crippen LogP contribution in [0.5, 0.6) is 5.75 Å². The van der Waals surface area contributed by atoms with Gasteiger partial charge in [0.1, 0.15) is 5.75 Å². The first-order valence-corrected chi connectivity index (χ1v) is 8.34. The lowest BCUT2D eigenvalue weighted by Crippen LogP contribution is -2.31. The number of ether oxygens (including phenoxy) is 1. The lowest BCUT2D eigenvalue weighted by atomic mass is 10.0. The second-order valence-electron chi connectivity index (χ2n) is 6.49. The lowest BCUT2D eigenvalue weighted by molar-refractivity contribution is -0.137. The number of carbonyl (C=O) groups excluding carboxylic acids is 1. The van der Waals surface area contributed by atoms with Gasteiger partial charge in [-0.2, -0.15) is 13.2 Å². The predicted octanol–water partition coefficient (Wildman–Crippen LogP) is 5.54. The molecule has 0 saturated carbocycles. The highest BCUT2D eigenvalue weighted by Gasteiger charge is 2.34. The molecule has 0 bridgehead atoms. The van der Waals surface area contributed by atoms with Crippen LogP contribution >= 0.6 is 0 Å². The summed E-state index contributed by atoms with van der Waals surface area (Å²) in [6, 6.07) is 10.6. The van der Waals surface area contributed by atoms with E-state index in [2.05, 4.69) is 5.32 Å². The zero-order valence-electron chi connectivity index (χ0n) is 15.1. The number of benzene rings is 2. The molecule has 0 spiro atoms. The Morgan fingerprint density at radius 1 is 1.08 bits per heavy atom. The molecular formula is C20H22F3NO2. The van der Waals surface area contributed by atoms with E-state index >= 15 is 0 Å². The van der Waals surface area contributed by atoms with Crippen LogP contribution in [-0.2, 0) is 11.0 Å². The van der Waals surface area contributed by atoms with Crippen molar-refractivity contribution >= 4 is 11.6 Å². The van der Waals surface area contributed by atoms with E-state index in [1.165, 1.54) is 25.1 Å². The maximum absolute atomic E-state index is 13.1. The third kappa shape index (κ3) is 4.77. The molecule has 0 aliphatic rings. The minimum absolute atomic E-state index is 0.187. The van der Waals surface area contributed by atoms with Gasteiger partial charge in [-0.15, -0.1) is 0 Å². The van der Waals surface area contributed by atoms with Crippen molar-refractivity contribution in [2.75, 3.05) is 5.32 Å². The monoisotopic (exact) mass is 365 g/mol. The highest BCUT2D eigenvalue weighted by Crippen LogP contribution is 2.35. The molecule has 6 heteroatoms. The molecule has 0 aliphatic heterocycles. The number of alkyl halides is 3. The van der Waals surface area contributed by atoms with E-state index in [4.69, 9.17) is 4.74 Å². The van der Waals surface area contributed by atoms with Crippen LogP contribution in [-0.4, -0.2) is 12.0 Å². The van der Waals surface area contributed by atoms with E-state index in [-0.39, 0.29) is 11.6 Å². The van der Waals surface area contributed by atoms with Crippen molar-refractivity contribution in [1.29, 1.82) is 0 Å². The zero-order chi connectivity index (χ0) is 19.5. The summed E-state index contributed by atoms with van der Waals surface area (Å²) in [5, 5.41) is 2.32. The van der Waals surface area contributed by atoms with Gasteiger partial charge in [0.25, 0.3) is 5.91 Å². The second kappa shape index (κ2) is 7.81. The van der Waals surface area contributed by atoms with Crippen molar-refractivity contribution in [1.82, 2.24) is 0 Å². The van der Waals surface area contributed by atoms with Gasteiger partial charge in [-0.3, -0.25) is 4.79 Å². The molecule has 0 radical (unpaired) electrons. The number of hydrogen-bond acceptors (Lipinski definition) is 2. The number of aryl methyl sites for hydroxylation is 1. The summed E-state index contributed by atoms with van der Waals surface area (Å²) < 4.78 is 44.9. The molecule has 0 saturated heterocycles. The summed E-state index contributed by atoms with van der Waals surface area (Å²) in [5.41, 5.74) is 0.734. The zero-order valence-corrected chi connectivity index (χ0v) is 15.1. The van der Waals surface area contributed by atoms with Crippen molar-refractivity contribution in [2.45, 2.75) is 45.9 Å². The van der Waals surface area contributed by atoms with Crippen LogP contribution in [0.3, 0.4) is 0 Å². The fraction of sp³-hybridized carbons (Fsp3) is 0.350. The van der Waals surface area contributed by atoms with Crippen LogP contribution in [0.15, 0.2) is 42.5 Å². The quantitative estimate of drug-likeness (QED) is 0.755. The third-order valence-corrected chi connectivity index (χ3v) is 3.95. The SMILES string of the molecule is Cc1ccc(C(C)C)c(OC(C)C(=O)Nc2ccccc2C(F)(F)F)c1. The molecule has 1 N–H and O–H groups in total. The fourth-order valence-corrected chi connectivity index (χ4v) is 2.54. The number of nitrogens with one attached hydrogen (secondary N) is 1. The molecule has 1 atom stereocenters. The summed E-state index contributed by atoms with van der Waals surface area (Å²) >= 11 is 0. The molecule has 0 aliphatic carbocycles. The first-order chi connectivity index (χ1) is 12.1. The number of amides is 1. The van der Waals surface area contributed by atoms with Crippen molar-refractivity contribution in [2.24, 2.45) is 0 Å². The summed E-state index contributed by atoms with van der Waals surface area (Å²) in [6.45, 7) is 7.42. The van der Waals surface area contributed by atoms with Gasteiger partial charge in [0.2, 0.25) is 0 Å². The molecule has 3 nitrogen and oxygen atoms in total. The van der Waals surface area contributed by atoms with Crippen molar-refractivity contribution < 1.29 is 22.7 Å². The molecule has 2 aromatic carbocycles. The molecular weight excluding hydrogens is 343 g/mol. The van der Waals surface area contributed by atoms with Gasteiger partial charge in [-0.25, -0.2) is 0 Å². The molecule has 2 rings (SSSR count). The Labute approximate surface area is 151 Å². The Hall–Kier alpha value is -2.50. The van der Waals surface area contributed by atoms with Crippen LogP contribution in [0, 0.1) is 6.92 Å². The number of halogens is 3. The number of anilines is 1. The Balaban J connectivity index is 2.19. The number of rotatable bonds is 5. The van der Waals surface area contributed by atoms with E-state index < -0.39 is 23.8 Å². The maximum atomic E-state index is 13.1. The van der Waals surface area contributed by atoms with Crippen LogP contribution < -0.4 is 10.1 Å². The summed E-state index contributed by atoms with van der Waals surface area (Å²) in [7, 11) is 0. The first-order valence-electron chi connectivity index (χ1n) is 8.34. The normalized spacial score (nSPS) is 12.8. The van der Waals surface area contributed by atoms with Crippen LogP contribution in [0.25, 0.3) is 0 Å². The molecule has 0 fully saturated rings. The van der Waals surface area contributed by atoms with E-state index in [0.717, 1.165) is 17.2 Å². The van der Waals surface area contributed by atoms with E-state index in [0.29, 0.717) is 5.75 Å². The molecule has 0 heterocycles. The summed E-state index contributed by atoms with van der Waals surface area (Å²) in [5.74, 6) is 0.108. The van der Waals surface area contributed by atoms with Gasteiger partial charge >= 0.3 is 6.18 Å². The van der Waals surface area contributed by atoms with Crippen LogP contribution in [0.4, 0.5) is 18.9 Å². The molecule has 1 amide bonds. The molecule has 26 heavy (non-hydrogen) atoms. The lowest BCUT2D eigenvalue weighted by Gasteiger charge is -2.20. The van der Waals surface area contributed by atoms with Gasteiger partial charge in [0, 0.05) is 0 Å². The predicted molar refractivity (Wildman–Crippen MR) is 95.4 cm³/mol. The number of para-hydroxylation sites is 1.